The number of carbonyl (C=O) groups excluding carboxylic acids is 1. The van der Waals surface area contributed by atoms with Gasteiger partial charge < -0.3 is 5.73 Å². The maximum absolute atomic E-state index is 11.5. The lowest BCUT2D eigenvalue weighted by Gasteiger charge is -2.03. The van der Waals surface area contributed by atoms with Crippen LogP contribution in [0, 0.1) is 6.92 Å². The predicted molar refractivity (Wildman–Crippen MR) is 56.9 cm³/mol. The lowest BCUT2D eigenvalue weighted by molar-refractivity contribution is 0.0984. The van der Waals surface area contributed by atoms with Gasteiger partial charge in [0.25, 0.3) is 0 Å². The van der Waals surface area contributed by atoms with E-state index in [9.17, 15) is 4.79 Å². The van der Waals surface area contributed by atoms with Gasteiger partial charge in [-0.3, -0.25) is 4.79 Å². The normalized spacial score (nSPS) is 10.1. The number of benzene rings is 1. The average molecular weight is 242 g/mol. The molecular formula is C10H12BrNO. The highest BCUT2D eigenvalue weighted by Gasteiger charge is 2.08. The second-order valence-electron chi connectivity index (χ2n) is 2.95. The van der Waals surface area contributed by atoms with Crippen LogP contribution in [-0.2, 0) is 0 Å². The van der Waals surface area contributed by atoms with Crippen LogP contribution < -0.4 is 5.73 Å². The molecule has 1 rings (SSSR count). The Hall–Kier alpha value is -0.670. The van der Waals surface area contributed by atoms with E-state index in [-0.39, 0.29) is 5.78 Å². The summed E-state index contributed by atoms with van der Waals surface area (Å²) in [7, 11) is 0. The number of nitrogens with two attached hydrogens (primary N) is 1. The van der Waals surface area contributed by atoms with E-state index in [4.69, 9.17) is 5.73 Å². The quantitative estimate of drug-likeness (QED) is 0.826. The number of carbonyl (C=O) groups is 1. The van der Waals surface area contributed by atoms with Crippen molar-refractivity contribution in [3.63, 3.8) is 0 Å². The molecule has 0 amide bonds. The lowest BCUT2D eigenvalue weighted by Crippen LogP contribution is -2.08. The van der Waals surface area contributed by atoms with Crippen LogP contribution in [0.4, 0.5) is 0 Å². The summed E-state index contributed by atoms with van der Waals surface area (Å²) in [5, 5.41) is 0. The molecule has 1 aromatic rings. The summed E-state index contributed by atoms with van der Waals surface area (Å²) < 4.78 is 0.853. The smallest absolute Gasteiger partial charge is 0.165 e. The number of halogens is 1. The van der Waals surface area contributed by atoms with Gasteiger partial charge in [0.05, 0.1) is 0 Å². The van der Waals surface area contributed by atoms with Crippen LogP contribution in [0.2, 0.25) is 0 Å². The molecule has 0 aliphatic rings. The van der Waals surface area contributed by atoms with Gasteiger partial charge >= 0.3 is 0 Å². The third-order valence-corrected chi connectivity index (χ3v) is 2.45. The van der Waals surface area contributed by atoms with Gasteiger partial charge in [-0.1, -0.05) is 28.1 Å². The molecule has 0 atom stereocenters. The topological polar surface area (TPSA) is 43.1 Å². The van der Waals surface area contributed by atoms with Crippen molar-refractivity contribution >= 4 is 21.7 Å². The van der Waals surface area contributed by atoms with Gasteiger partial charge in [0.15, 0.2) is 5.78 Å². The number of hydrogen-bond donors (Lipinski definition) is 1. The minimum atomic E-state index is 0.0920. The molecule has 0 saturated heterocycles. The molecule has 3 heteroatoms. The molecule has 0 aliphatic carbocycles. The zero-order chi connectivity index (χ0) is 9.84. The molecular weight excluding hydrogens is 230 g/mol. The fraction of sp³-hybridized carbons (Fsp3) is 0.300. The van der Waals surface area contributed by atoms with Crippen LogP contribution >= 0.6 is 15.9 Å². The van der Waals surface area contributed by atoms with Crippen molar-refractivity contribution in [2.45, 2.75) is 13.3 Å². The van der Waals surface area contributed by atoms with Crippen molar-refractivity contribution < 1.29 is 4.79 Å². The molecule has 0 saturated carbocycles. The van der Waals surface area contributed by atoms with Crippen LogP contribution in [0.1, 0.15) is 22.3 Å². The van der Waals surface area contributed by atoms with Gasteiger partial charge in [-0.05, 0) is 25.1 Å². The second kappa shape index (κ2) is 4.53. The molecule has 0 spiro atoms. The molecule has 0 fully saturated rings. The maximum atomic E-state index is 11.5. The largest absolute Gasteiger partial charge is 0.330 e. The van der Waals surface area contributed by atoms with E-state index in [1.54, 1.807) is 0 Å². The van der Waals surface area contributed by atoms with Crippen LogP contribution in [0.25, 0.3) is 0 Å². The maximum Gasteiger partial charge on any atom is 0.165 e. The Morgan fingerprint density at radius 1 is 1.54 bits per heavy atom. The van der Waals surface area contributed by atoms with E-state index in [0.29, 0.717) is 13.0 Å². The van der Waals surface area contributed by atoms with E-state index in [0.717, 1.165) is 15.6 Å². The summed E-state index contributed by atoms with van der Waals surface area (Å²) in [6.07, 6.45) is 0.404. The third-order valence-electron chi connectivity index (χ3n) is 1.80. The highest BCUT2D eigenvalue weighted by molar-refractivity contribution is 9.10. The molecule has 0 radical (unpaired) electrons. The van der Waals surface area contributed by atoms with E-state index in [1.165, 1.54) is 0 Å². The molecule has 0 aromatic heterocycles. The van der Waals surface area contributed by atoms with Crippen molar-refractivity contribution in [3.05, 3.63) is 33.8 Å². The Morgan fingerprint density at radius 2 is 2.23 bits per heavy atom. The van der Waals surface area contributed by atoms with Crippen molar-refractivity contribution in [2.75, 3.05) is 6.54 Å². The number of Topliss-reactive ketones (excluding diaryl/α,β-unsaturated/α-hetero) is 1. The van der Waals surface area contributed by atoms with E-state index in [2.05, 4.69) is 15.9 Å². The Morgan fingerprint density at radius 3 is 2.77 bits per heavy atom. The van der Waals surface area contributed by atoms with Crippen molar-refractivity contribution in [2.24, 2.45) is 5.73 Å². The predicted octanol–water partition coefficient (Wildman–Crippen LogP) is 2.29. The molecule has 2 N–H and O–H groups in total. The van der Waals surface area contributed by atoms with Crippen molar-refractivity contribution in [3.8, 4) is 0 Å². The van der Waals surface area contributed by atoms with Crippen LogP contribution in [0.5, 0.6) is 0 Å². The van der Waals surface area contributed by atoms with Gasteiger partial charge in [0.2, 0.25) is 0 Å². The first-order valence-corrected chi connectivity index (χ1v) is 4.94. The van der Waals surface area contributed by atoms with Gasteiger partial charge in [-0.15, -0.1) is 0 Å². The molecule has 1 aromatic carbocycles. The molecule has 0 heterocycles. The standard InChI is InChI=1S/C10H12BrNO/c1-7-2-3-8(9(11)6-7)10(13)4-5-12/h2-3,6H,4-5,12H2,1H3. The minimum absolute atomic E-state index is 0.0920. The molecule has 70 valence electrons. The van der Waals surface area contributed by atoms with Crippen molar-refractivity contribution in [1.29, 1.82) is 0 Å². The summed E-state index contributed by atoms with van der Waals surface area (Å²) in [5.41, 5.74) is 7.16. The Labute approximate surface area is 86.3 Å². The highest BCUT2D eigenvalue weighted by atomic mass is 79.9. The van der Waals surface area contributed by atoms with E-state index < -0.39 is 0 Å². The molecule has 13 heavy (non-hydrogen) atoms. The zero-order valence-electron chi connectivity index (χ0n) is 7.51. The Kier molecular flexibility index (Phi) is 3.63. The zero-order valence-corrected chi connectivity index (χ0v) is 9.10. The second-order valence-corrected chi connectivity index (χ2v) is 3.80. The molecule has 0 unspecified atom stereocenters. The van der Waals surface area contributed by atoms with Crippen LogP contribution in [0.3, 0.4) is 0 Å². The fourth-order valence-electron chi connectivity index (χ4n) is 1.11. The van der Waals surface area contributed by atoms with E-state index >= 15 is 0 Å². The summed E-state index contributed by atoms with van der Waals surface area (Å²) in [5.74, 6) is 0.0920. The lowest BCUT2D eigenvalue weighted by atomic mass is 10.1. The first kappa shape index (κ1) is 10.4. The number of hydrogen-bond acceptors (Lipinski definition) is 2. The van der Waals surface area contributed by atoms with Gasteiger partial charge in [-0.25, -0.2) is 0 Å². The molecule has 2 nitrogen and oxygen atoms in total. The first-order chi connectivity index (χ1) is 6.15. The summed E-state index contributed by atoms with van der Waals surface area (Å²) in [4.78, 5) is 11.5. The molecule has 0 bridgehead atoms. The Bertz CT molecular complexity index is 323. The Balaban J connectivity index is 2.95. The van der Waals surface area contributed by atoms with Crippen LogP contribution in [-0.4, -0.2) is 12.3 Å². The monoisotopic (exact) mass is 241 g/mol. The summed E-state index contributed by atoms with van der Waals surface area (Å²) in [6.45, 7) is 2.39. The van der Waals surface area contributed by atoms with E-state index in [1.807, 2.05) is 25.1 Å². The number of aryl methyl sites for hydroxylation is 1. The SMILES string of the molecule is Cc1ccc(C(=O)CCN)c(Br)c1. The third kappa shape index (κ3) is 2.64. The van der Waals surface area contributed by atoms with Crippen molar-refractivity contribution in [1.82, 2.24) is 0 Å². The minimum Gasteiger partial charge on any atom is -0.330 e. The average Bonchev–Trinajstić information content (AvgIpc) is 2.04. The first-order valence-electron chi connectivity index (χ1n) is 4.14. The summed E-state index contributed by atoms with van der Waals surface area (Å²) >= 11 is 3.36. The van der Waals surface area contributed by atoms with Gasteiger partial charge in [-0.2, -0.15) is 0 Å². The highest BCUT2D eigenvalue weighted by Crippen LogP contribution is 2.19. The summed E-state index contributed by atoms with van der Waals surface area (Å²) in [6, 6.07) is 5.69. The van der Waals surface area contributed by atoms with Crippen LogP contribution in [0.15, 0.2) is 22.7 Å². The molecule has 0 aliphatic heterocycles. The van der Waals surface area contributed by atoms with Gasteiger partial charge in [0.1, 0.15) is 0 Å². The van der Waals surface area contributed by atoms with Gasteiger partial charge in [0, 0.05) is 16.5 Å². The number of rotatable bonds is 3. The fourth-order valence-corrected chi connectivity index (χ4v) is 1.83. The number of ketones is 1.